The molecule has 0 saturated carbocycles. The zero-order valence-corrected chi connectivity index (χ0v) is 8.34. The molecule has 0 aromatic carbocycles. The number of hydrogen-bond donors (Lipinski definition) is 0. The van der Waals surface area contributed by atoms with Gasteiger partial charge in [0.15, 0.2) is 11.0 Å². The second-order valence-electron chi connectivity index (χ2n) is 2.20. The Morgan fingerprint density at radius 1 is 1.50 bits per heavy atom. The quantitative estimate of drug-likeness (QED) is 0.751. The summed E-state index contributed by atoms with van der Waals surface area (Å²) < 4.78 is 40.3. The number of oxazole rings is 1. The fraction of sp³-hybridized carbons (Fsp3) is 0.286. The molecule has 78 valence electrons. The average molecular weight is 244 g/mol. The summed E-state index contributed by atoms with van der Waals surface area (Å²) in [5.41, 5.74) is 0. The van der Waals surface area contributed by atoms with Crippen LogP contribution < -0.4 is 0 Å². The Morgan fingerprint density at radius 2 is 2.21 bits per heavy atom. The van der Waals surface area contributed by atoms with Crippen LogP contribution in [0, 0.1) is 0 Å². The van der Waals surface area contributed by atoms with Gasteiger partial charge in [0, 0.05) is 12.2 Å². The van der Waals surface area contributed by atoms with E-state index in [9.17, 15) is 13.2 Å². The Bertz CT molecular complexity index is 337. The first-order valence-electron chi connectivity index (χ1n) is 3.53. The Kier molecular flexibility index (Phi) is 4.34. The average Bonchev–Trinajstić information content (AvgIpc) is 2.51. The number of halogens is 4. The first-order valence-corrected chi connectivity index (χ1v) is 4.89. The third kappa shape index (κ3) is 3.63. The summed E-state index contributed by atoms with van der Waals surface area (Å²) in [5.74, 6) is -1.28. The Morgan fingerprint density at radius 3 is 2.71 bits per heavy atom. The maximum atomic E-state index is 12.3. The van der Waals surface area contributed by atoms with Gasteiger partial charge < -0.3 is 4.42 Å². The van der Waals surface area contributed by atoms with Crippen LogP contribution in [0.1, 0.15) is 6.42 Å². The van der Waals surface area contributed by atoms with Gasteiger partial charge in [0.25, 0.3) is 5.22 Å². The second-order valence-corrected chi connectivity index (χ2v) is 3.63. The molecule has 7 heteroatoms. The van der Waals surface area contributed by atoms with Gasteiger partial charge in [-0.3, -0.25) is 0 Å². The van der Waals surface area contributed by atoms with Crippen LogP contribution in [-0.2, 0) is 0 Å². The zero-order chi connectivity index (χ0) is 10.6. The van der Waals surface area contributed by atoms with Gasteiger partial charge in [-0.2, -0.15) is 13.8 Å². The predicted molar refractivity (Wildman–Crippen MR) is 47.2 cm³/mol. The van der Waals surface area contributed by atoms with E-state index in [-0.39, 0.29) is 22.5 Å². The molecule has 2 nitrogen and oxygen atoms in total. The van der Waals surface area contributed by atoms with Gasteiger partial charge in [-0.15, -0.1) is 0 Å². The Balaban J connectivity index is 2.32. The van der Waals surface area contributed by atoms with Crippen LogP contribution in [0.25, 0.3) is 0 Å². The molecule has 14 heavy (non-hydrogen) atoms. The molecule has 0 fully saturated rings. The monoisotopic (exact) mass is 243 g/mol. The summed E-state index contributed by atoms with van der Waals surface area (Å²) in [6.45, 7) is 0. The lowest BCUT2D eigenvalue weighted by atomic mass is 10.4. The van der Waals surface area contributed by atoms with Crippen LogP contribution in [-0.4, -0.2) is 10.7 Å². The molecule has 0 spiro atoms. The highest BCUT2D eigenvalue weighted by Crippen LogP contribution is 2.23. The minimum absolute atomic E-state index is 0.125. The van der Waals surface area contributed by atoms with Gasteiger partial charge in [-0.05, 0) is 0 Å². The molecule has 1 heterocycles. The molecule has 0 N–H and O–H groups in total. The highest BCUT2D eigenvalue weighted by atomic mass is 35.5. The third-order valence-corrected chi connectivity index (χ3v) is 2.22. The lowest BCUT2D eigenvalue weighted by Crippen LogP contribution is -1.82. The van der Waals surface area contributed by atoms with Gasteiger partial charge in [0.1, 0.15) is 6.26 Å². The molecule has 0 aliphatic rings. The number of rotatable bonds is 4. The highest BCUT2D eigenvalue weighted by Gasteiger charge is 2.07. The van der Waals surface area contributed by atoms with Crippen LogP contribution in [0.15, 0.2) is 27.8 Å². The van der Waals surface area contributed by atoms with Crippen molar-refractivity contribution >= 4 is 23.4 Å². The molecule has 0 aliphatic heterocycles. The summed E-state index contributed by atoms with van der Waals surface area (Å²) >= 11 is 6.45. The Hall–Kier alpha value is -0.620. The minimum Gasteiger partial charge on any atom is -0.438 e. The molecule has 0 saturated heterocycles. The summed E-state index contributed by atoms with van der Waals surface area (Å²) in [6.07, 6.45) is -1.42. The van der Waals surface area contributed by atoms with Crippen LogP contribution in [0.5, 0.6) is 0 Å². The van der Waals surface area contributed by atoms with Crippen molar-refractivity contribution in [2.75, 3.05) is 5.75 Å². The third-order valence-electron chi connectivity index (χ3n) is 1.21. The Labute approximate surface area is 87.1 Å². The minimum atomic E-state index is -2.28. The fourth-order valence-electron chi connectivity index (χ4n) is 0.628. The normalized spacial score (nSPS) is 10.3. The van der Waals surface area contributed by atoms with Crippen molar-refractivity contribution < 1.29 is 17.6 Å². The van der Waals surface area contributed by atoms with Crippen molar-refractivity contribution in [3.63, 3.8) is 0 Å². The molecule has 0 bridgehead atoms. The summed E-state index contributed by atoms with van der Waals surface area (Å²) in [4.78, 5) is 3.69. The van der Waals surface area contributed by atoms with E-state index < -0.39 is 11.9 Å². The number of aromatic nitrogens is 1. The van der Waals surface area contributed by atoms with E-state index in [2.05, 4.69) is 4.98 Å². The largest absolute Gasteiger partial charge is 0.438 e. The van der Waals surface area contributed by atoms with Crippen molar-refractivity contribution in [1.29, 1.82) is 0 Å². The van der Waals surface area contributed by atoms with Crippen molar-refractivity contribution in [2.24, 2.45) is 0 Å². The van der Waals surface area contributed by atoms with Gasteiger partial charge in [-0.1, -0.05) is 23.4 Å². The lowest BCUT2D eigenvalue weighted by molar-refractivity contribution is 0.373. The second kappa shape index (κ2) is 5.31. The SMILES string of the molecule is FC(F)=C(F)CCSc1nc(Cl)co1. The van der Waals surface area contributed by atoms with E-state index in [1.54, 1.807) is 0 Å². The first kappa shape index (κ1) is 11.5. The van der Waals surface area contributed by atoms with E-state index in [4.69, 9.17) is 16.0 Å². The summed E-state index contributed by atoms with van der Waals surface area (Å²) in [5, 5.41) is 0.419. The van der Waals surface area contributed by atoms with Crippen LogP contribution in [0.4, 0.5) is 13.2 Å². The van der Waals surface area contributed by atoms with Crippen LogP contribution in [0.2, 0.25) is 5.15 Å². The van der Waals surface area contributed by atoms with E-state index in [0.29, 0.717) is 0 Å². The maximum Gasteiger partial charge on any atom is 0.301 e. The van der Waals surface area contributed by atoms with Crippen molar-refractivity contribution in [3.8, 4) is 0 Å². The van der Waals surface area contributed by atoms with Crippen molar-refractivity contribution in [1.82, 2.24) is 4.98 Å². The fourth-order valence-corrected chi connectivity index (χ4v) is 1.53. The lowest BCUT2D eigenvalue weighted by Gasteiger charge is -1.93. The number of thioether (sulfide) groups is 1. The summed E-state index contributed by atoms with van der Waals surface area (Å²) in [6, 6.07) is 0. The summed E-state index contributed by atoms with van der Waals surface area (Å²) in [7, 11) is 0. The van der Waals surface area contributed by atoms with Crippen molar-refractivity contribution in [3.05, 3.63) is 23.3 Å². The maximum absolute atomic E-state index is 12.3. The molecule has 1 aromatic rings. The van der Waals surface area contributed by atoms with E-state index in [1.165, 1.54) is 6.26 Å². The standard InChI is InChI=1S/C7H5ClF3NOS/c8-5-3-13-7(12-5)14-2-1-4(9)6(10)11/h3H,1-2H2. The van der Waals surface area contributed by atoms with Crippen LogP contribution in [0.3, 0.4) is 0 Å². The number of allylic oxidation sites excluding steroid dienone is 1. The van der Waals surface area contributed by atoms with Gasteiger partial charge >= 0.3 is 6.08 Å². The molecule has 0 aliphatic carbocycles. The van der Waals surface area contributed by atoms with Crippen LogP contribution >= 0.6 is 23.4 Å². The predicted octanol–water partition coefficient (Wildman–Crippen LogP) is 3.89. The number of nitrogens with zero attached hydrogens (tertiary/aromatic N) is 1. The van der Waals surface area contributed by atoms with Gasteiger partial charge in [0.05, 0.1) is 0 Å². The van der Waals surface area contributed by atoms with E-state index in [0.717, 1.165) is 11.8 Å². The van der Waals surface area contributed by atoms with E-state index >= 15 is 0 Å². The molecule has 0 radical (unpaired) electrons. The van der Waals surface area contributed by atoms with Gasteiger partial charge in [-0.25, -0.2) is 4.39 Å². The van der Waals surface area contributed by atoms with Gasteiger partial charge in [0.2, 0.25) is 0 Å². The molecule has 1 rings (SSSR count). The topological polar surface area (TPSA) is 26.0 Å². The smallest absolute Gasteiger partial charge is 0.301 e. The molecular formula is C7H5ClF3NOS. The molecule has 0 atom stereocenters. The number of hydrogen-bond acceptors (Lipinski definition) is 3. The molecule has 1 aromatic heterocycles. The van der Waals surface area contributed by atoms with E-state index in [1.807, 2.05) is 0 Å². The zero-order valence-electron chi connectivity index (χ0n) is 6.77. The molecular weight excluding hydrogens is 239 g/mol. The molecule has 0 amide bonds. The first-order chi connectivity index (χ1) is 6.59. The van der Waals surface area contributed by atoms with Crippen molar-refractivity contribution in [2.45, 2.75) is 11.6 Å². The molecule has 0 unspecified atom stereocenters. The highest BCUT2D eigenvalue weighted by molar-refractivity contribution is 7.99.